The van der Waals surface area contributed by atoms with E-state index in [4.69, 9.17) is 5.90 Å². The van der Waals surface area contributed by atoms with Crippen molar-refractivity contribution < 1.29 is 9.63 Å². The van der Waals surface area contributed by atoms with Crippen LogP contribution in [0.5, 0.6) is 0 Å². The molecule has 0 aliphatic heterocycles. The van der Waals surface area contributed by atoms with Gasteiger partial charge in [0.2, 0.25) is 0 Å². The van der Waals surface area contributed by atoms with E-state index in [-0.39, 0.29) is 5.78 Å². The van der Waals surface area contributed by atoms with Gasteiger partial charge in [-0.1, -0.05) is 18.2 Å². The molecule has 0 spiro atoms. The highest BCUT2D eigenvalue weighted by Gasteiger charge is 2.13. The number of nitrogens with two attached hydrogens (primary N) is 1. The van der Waals surface area contributed by atoms with Gasteiger partial charge in [-0.2, -0.15) is 0 Å². The molecule has 2 N–H and O–H groups in total. The van der Waals surface area contributed by atoms with Crippen molar-refractivity contribution in [1.29, 1.82) is 0 Å². The Morgan fingerprint density at radius 1 is 1.31 bits per heavy atom. The van der Waals surface area contributed by atoms with Crippen molar-refractivity contribution in [3.63, 3.8) is 0 Å². The van der Waals surface area contributed by atoms with Gasteiger partial charge < -0.3 is 0 Å². The van der Waals surface area contributed by atoms with Crippen LogP contribution in [0.1, 0.15) is 21.5 Å². The van der Waals surface area contributed by atoms with Crippen LogP contribution in [-0.4, -0.2) is 5.78 Å². The maximum Gasteiger partial charge on any atom is 0.186 e. The Balaban J connectivity index is 2.39. The van der Waals surface area contributed by atoms with Crippen molar-refractivity contribution >= 4 is 11.9 Å². The van der Waals surface area contributed by atoms with Crippen LogP contribution in [-0.2, 0) is 11.4 Å². The number of rotatable bonds is 2. The number of benzene rings is 1. The van der Waals surface area contributed by atoms with Crippen molar-refractivity contribution in [2.45, 2.75) is 6.61 Å². The molecule has 0 fully saturated rings. The van der Waals surface area contributed by atoms with Gasteiger partial charge in [-0.05, 0) is 23.3 Å². The Hall–Kier alpha value is -1.45. The van der Waals surface area contributed by atoms with Crippen molar-refractivity contribution in [3.05, 3.63) is 41.0 Å². The smallest absolute Gasteiger partial charge is 0.186 e. The third-order valence-electron chi connectivity index (χ3n) is 2.05. The SMILES string of the molecule is NOCc1ccc2c(c1)C=CC2=O. The van der Waals surface area contributed by atoms with Crippen molar-refractivity contribution in [1.82, 2.24) is 0 Å². The van der Waals surface area contributed by atoms with Crippen LogP contribution >= 0.6 is 0 Å². The molecule has 2 rings (SSSR count). The predicted octanol–water partition coefficient (Wildman–Crippen LogP) is 1.29. The Labute approximate surface area is 75.8 Å². The molecule has 13 heavy (non-hydrogen) atoms. The Morgan fingerprint density at radius 3 is 2.92 bits per heavy atom. The summed E-state index contributed by atoms with van der Waals surface area (Å²) in [5, 5.41) is 0. The molecule has 1 aliphatic carbocycles. The molecule has 0 aromatic heterocycles. The second kappa shape index (κ2) is 3.12. The number of ketones is 1. The van der Waals surface area contributed by atoms with Gasteiger partial charge in [0.25, 0.3) is 0 Å². The zero-order chi connectivity index (χ0) is 9.26. The van der Waals surface area contributed by atoms with Crippen molar-refractivity contribution in [2.75, 3.05) is 0 Å². The largest absolute Gasteiger partial charge is 0.300 e. The first-order valence-electron chi connectivity index (χ1n) is 3.98. The average molecular weight is 175 g/mol. The van der Waals surface area contributed by atoms with E-state index in [9.17, 15) is 4.79 Å². The molecule has 1 aromatic rings. The Morgan fingerprint density at radius 2 is 2.15 bits per heavy atom. The molecular weight excluding hydrogens is 166 g/mol. The van der Waals surface area contributed by atoms with Gasteiger partial charge in [0.05, 0.1) is 6.61 Å². The molecule has 0 unspecified atom stereocenters. The minimum Gasteiger partial charge on any atom is -0.300 e. The van der Waals surface area contributed by atoms with Crippen LogP contribution in [0.15, 0.2) is 24.3 Å². The van der Waals surface area contributed by atoms with E-state index in [2.05, 4.69) is 4.84 Å². The van der Waals surface area contributed by atoms with Gasteiger partial charge in [0.1, 0.15) is 0 Å². The number of fused-ring (bicyclic) bond motifs is 1. The average Bonchev–Trinajstić information content (AvgIpc) is 2.48. The number of hydrogen-bond donors (Lipinski definition) is 1. The summed E-state index contributed by atoms with van der Waals surface area (Å²) >= 11 is 0. The summed E-state index contributed by atoms with van der Waals surface area (Å²) in [6.45, 7) is 0.370. The normalized spacial score (nSPS) is 13.5. The van der Waals surface area contributed by atoms with E-state index in [1.54, 1.807) is 18.2 Å². The van der Waals surface area contributed by atoms with E-state index in [0.717, 1.165) is 16.7 Å². The van der Waals surface area contributed by atoms with Gasteiger partial charge in [0.15, 0.2) is 5.78 Å². The lowest BCUT2D eigenvalue weighted by atomic mass is 10.1. The molecule has 1 aliphatic rings. The van der Waals surface area contributed by atoms with Gasteiger partial charge >= 0.3 is 0 Å². The number of carbonyl (C=O) groups is 1. The summed E-state index contributed by atoms with van der Waals surface area (Å²) in [6, 6.07) is 5.55. The fourth-order valence-electron chi connectivity index (χ4n) is 1.42. The first kappa shape index (κ1) is 8.16. The van der Waals surface area contributed by atoms with Gasteiger partial charge in [-0.15, -0.1) is 0 Å². The highest BCUT2D eigenvalue weighted by Crippen LogP contribution is 2.20. The fraction of sp³-hybridized carbons (Fsp3) is 0.100. The van der Waals surface area contributed by atoms with Gasteiger partial charge in [-0.25, -0.2) is 5.90 Å². The van der Waals surface area contributed by atoms with E-state index in [0.29, 0.717) is 6.61 Å². The molecule has 66 valence electrons. The van der Waals surface area contributed by atoms with Gasteiger partial charge in [0, 0.05) is 5.56 Å². The highest BCUT2D eigenvalue weighted by molar-refractivity contribution is 6.13. The van der Waals surface area contributed by atoms with E-state index >= 15 is 0 Å². The van der Waals surface area contributed by atoms with Crippen LogP contribution in [0.25, 0.3) is 6.08 Å². The minimum atomic E-state index is 0.0650. The van der Waals surface area contributed by atoms with Crippen LogP contribution in [0.4, 0.5) is 0 Å². The number of carbonyl (C=O) groups excluding carboxylic acids is 1. The van der Waals surface area contributed by atoms with Crippen LogP contribution in [0, 0.1) is 0 Å². The standard InChI is InChI=1S/C10H9NO2/c11-13-6-7-1-3-9-8(5-7)2-4-10(9)12/h1-5H,6,11H2. The molecule has 0 saturated heterocycles. The second-order valence-corrected chi connectivity index (χ2v) is 2.93. The van der Waals surface area contributed by atoms with E-state index in [1.165, 1.54) is 0 Å². The van der Waals surface area contributed by atoms with Crippen molar-refractivity contribution in [3.8, 4) is 0 Å². The highest BCUT2D eigenvalue weighted by atomic mass is 16.6. The van der Waals surface area contributed by atoms with Crippen LogP contribution in [0.3, 0.4) is 0 Å². The summed E-state index contributed by atoms with van der Waals surface area (Å²) < 4.78 is 0. The topological polar surface area (TPSA) is 52.3 Å². The number of hydrogen-bond acceptors (Lipinski definition) is 3. The van der Waals surface area contributed by atoms with Crippen molar-refractivity contribution in [2.24, 2.45) is 5.90 Å². The monoisotopic (exact) mass is 175 g/mol. The Kier molecular flexibility index (Phi) is 1.96. The molecule has 1 aromatic carbocycles. The first-order valence-corrected chi connectivity index (χ1v) is 3.98. The summed E-state index contributed by atoms with van der Waals surface area (Å²) in [6.07, 6.45) is 3.37. The Bertz CT molecular complexity index is 383. The number of allylic oxidation sites excluding steroid dienone is 1. The molecule has 3 heteroatoms. The fourth-order valence-corrected chi connectivity index (χ4v) is 1.42. The molecule has 0 amide bonds. The lowest BCUT2D eigenvalue weighted by Gasteiger charge is -2.01. The molecule has 3 nitrogen and oxygen atoms in total. The van der Waals surface area contributed by atoms with Gasteiger partial charge in [-0.3, -0.25) is 9.63 Å². The third-order valence-corrected chi connectivity index (χ3v) is 2.05. The zero-order valence-corrected chi connectivity index (χ0v) is 6.99. The van der Waals surface area contributed by atoms with E-state index < -0.39 is 0 Å². The molecule has 0 atom stereocenters. The molecule has 0 heterocycles. The van der Waals surface area contributed by atoms with Crippen LogP contribution < -0.4 is 5.90 Å². The molecule has 0 saturated carbocycles. The summed E-state index contributed by atoms with van der Waals surface area (Å²) in [5.41, 5.74) is 2.67. The first-order chi connectivity index (χ1) is 6.31. The summed E-state index contributed by atoms with van der Waals surface area (Å²) in [4.78, 5) is 15.7. The minimum absolute atomic E-state index is 0.0650. The lowest BCUT2D eigenvalue weighted by molar-refractivity contribution is 0.105. The maximum atomic E-state index is 11.2. The quantitative estimate of drug-likeness (QED) is 0.689. The van der Waals surface area contributed by atoms with E-state index in [1.807, 2.05) is 12.1 Å². The predicted molar refractivity (Wildman–Crippen MR) is 48.8 cm³/mol. The maximum absolute atomic E-state index is 11.2. The zero-order valence-electron chi connectivity index (χ0n) is 6.99. The lowest BCUT2D eigenvalue weighted by Crippen LogP contribution is -2.00. The second-order valence-electron chi connectivity index (χ2n) is 2.93. The summed E-state index contributed by atoms with van der Waals surface area (Å²) in [5.74, 6) is 5.01. The summed E-state index contributed by atoms with van der Waals surface area (Å²) in [7, 11) is 0. The molecule has 0 radical (unpaired) electrons. The molecule has 0 bridgehead atoms. The van der Waals surface area contributed by atoms with Crippen LogP contribution in [0.2, 0.25) is 0 Å². The molecular formula is C10H9NO2. The third kappa shape index (κ3) is 1.39.